The van der Waals surface area contributed by atoms with Gasteiger partial charge in [0.1, 0.15) is 0 Å². The maximum atomic E-state index is 11.6. The summed E-state index contributed by atoms with van der Waals surface area (Å²) < 4.78 is 5.27. The maximum absolute atomic E-state index is 11.6. The van der Waals surface area contributed by atoms with Gasteiger partial charge in [0.15, 0.2) is 0 Å². The third-order valence-corrected chi connectivity index (χ3v) is 3.56. The van der Waals surface area contributed by atoms with Gasteiger partial charge in [0.05, 0.1) is 13.2 Å². The first kappa shape index (κ1) is 15.5. The van der Waals surface area contributed by atoms with Gasteiger partial charge < -0.3 is 4.74 Å². The summed E-state index contributed by atoms with van der Waals surface area (Å²) in [5.74, 6) is -0.0366. The van der Waals surface area contributed by atoms with E-state index >= 15 is 0 Å². The number of carbonyl (C=O) groups is 1. The summed E-state index contributed by atoms with van der Waals surface area (Å²) in [5, 5.41) is 0. The Morgan fingerprint density at radius 2 is 1.67 bits per heavy atom. The van der Waals surface area contributed by atoms with Crippen molar-refractivity contribution in [3.63, 3.8) is 0 Å². The van der Waals surface area contributed by atoms with Crippen molar-refractivity contribution < 1.29 is 9.53 Å². The molecule has 0 aromatic heterocycles. The molecule has 0 radical (unpaired) electrons. The average molecular weight is 255 g/mol. The zero-order valence-corrected chi connectivity index (χ0v) is 12.0. The molecule has 0 aromatic carbocycles. The maximum Gasteiger partial charge on any atom is 0.320 e. The van der Waals surface area contributed by atoms with Gasteiger partial charge in [-0.2, -0.15) is 0 Å². The van der Waals surface area contributed by atoms with Crippen LogP contribution >= 0.6 is 0 Å². The van der Waals surface area contributed by atoms with Gasteiger partial charge in [0, 0.05) is 0 Å². The summed E-state index contributed by atoms with van der Waals surface area (Å²) in [6, 6.07) is 0. The molecule has 18 heavy (non-hydrogen) atoms. The molecule has 0 aliphatic carbocycles. The van der Waals surface area contributed by atoms with Crippen LogP contribution in [-0.4, -0.2) is 37.1 Å². The number of hydrogen-bond acceptors (Lipinski definition) is 3. The quantitative estimate of drug-likeness (QED) is 0.467. The summed E-state index contributed by atoms with van der Waals surface area (Å²) in [4.78, 5) is 13.8. The molecule has 1 rings (SSSR count). The monoisotopic (exact) mass is 255 g/mol. The molecule has 1 aliphatic heterocycles. The van der Waals surface area contributed by atoms with Crippen molar-refractivity contribution in [1.29, 1.82) is 0 Å². The summed E-state index contributed by atoms with van der Waals surface area (Å²) in [6.07, 6.45) is 11.2. The molecule has 3 heteroatoms. The molecule has 0 unspecified atom stereocenters. The highest BCUT2D eigenvalue weighted by molar-refractivity contribution is 5.71. The van der Waals surface area contributed by atoms with E-state index in [0.717, 1.165) is 19.5 Å². The smallest absolute Gasteiger partial charge is 0.320 e. The Morgan fingerprint density at radius 1 is 1.00 bits per heavy atom. The Balaban J connectivity index is 1.90. The molecule has 3 nitrogen and oxygen atoms in total. The van der Waals surface area contributed by atoms with Crippen LogP contribution in [0.4, 0.5) is 0 Å². The van der Waals surface area contributed by atoms with E-state index < -0.39 is 0 Å². The van der Waals surface area contributed by atoms with Crippen molar-refractivity contribution in [3.8, 4) is 0 Å². The summed E-state index contributed by atoms with van der Waals surface area (Å²) in [5.41, 5.74) is 0. The lowest BCUT2D eigenvalue weighted by Crippen LogP contribution is -2.35. The molecule has 0 N–H and O–H groups in total. The van der Waals surface area contributed by atoms with Gasteiger partial charge in [-0.15, -0.1) is 0 Å². The van der Waals surface area contributed by atoms with Crippen LogP contribution in [0, 0.1) is 0 Å². The summed E-state index contributed by atoms with van der Waals surface area (Å²) in [6.45, 7) is 5.45. The van der Waals surface area contributed by atoms with E-state index in [2.05, 4.69) is 11.8 Å². The third-order valence-electron chi connectivity index (χ3n) is 3.56. The second-order valence-corrected chi connectivity index (χ2v) is 5.33. The Hall–Kier alpha value is -0.570. The molecule has 0 amide bonds. The van der Waals surface area contributed by atoms with Crippen LogP contribution in [0.2, 0.25) is 0 Å². The number of piperidine rings is 1. The summed E-state index contributed by atoms with van der Waals surface area (Å²) in [7, 11) is 0. The lowest BCUT2D eigenvalue weighted by molar-refractivity contribution is -0.145. The van der Waals surface area contributed by atoms with Crippen LogP contribution in [0.1, 0.15) is 64.7 Å². The second-order valence-electron chi connectivity index (χ2n) is 5.33. The summed E-state index contributed by atoms with van der Waals surface area (Å²) >= 11 is 0. The number of esters is 1. The van der Waals surface area contributed by atoms with E-state index in [1.807, 2.05) is 0 Å². The van der Waals surface area contributed by atoms with E-state index in [-0.39, 0.29) is 5.97 Å². The van der Waals surface area contributed by atoms with Crippen molar-refractivity contribution in [1.82, 2.24) is 4.90 Å². The lowest BCUT2D eigenvalue weighted by atomic mass is 10.1. The molecule has 1 fully saturated rings. The highest BCUT2D eigenvalue weighted by atomic mass is 16.5. The van der Waals surface area contributed by atoms with Gasteiger partial charge in [-0.05, 0) is 32.4 Å². The number of ether oxygens (including phenoxy) is 1. The van der Waals surface area contributed by atoms with Crippen LogP contribution in [0.25, 0.3) is 0 Å². The van der Waals surface area contributed by atoms with Crippen molar-refractivity contribution in [3.05, 3.63) is 0 Å². The molecule has 0 aromatic rings. The number of likely N-dealkylation sites (tertiary alicyclic amines) is 1. The van der Waals surface area contributed by atoms with Crippen molar-refractivity contribution in [2.24, 2.45) is 0 Å². The van der Waals surface area contributed by atoms with Crippen LogP contribution in [-0.2, 0) is 9.53 Å². The SMILES string of the molecule is CCCCCCCCOC(=O)CN1CCCCC1. The van der Waals surface area contributed by atoms with Gasteiger partial charge >= 0.3 is 5.97 Å². The fourth-order valence-electron chi connectivity index (χ4n) is 2.41. The first-order valence-corrected chi connectivity index (χ1v) is 7.71. The highest BCUT2D eigenvalue weighted by Crippen LogP contribution is 2.08. The lowest BCUT2D eigenvalue weighted by Gasteiger charge is -2.25. The van der Waals surface area contributed by atoms with E-state index in [4.69, 9.17) is 4.74 Å². The largest absolute Gasteiger partial charge is 0.465 e. The fraction of sp³-hybridized carbons (Fsp3) is 0.933. The minimum Gasteiger partial charge on any atom is -0.465 e. The Labute approximate surface area is 112 Å². The van der Waals surface area contributed by atoms with Crippen LogP contribution in [0.5, 0.6) is 0 Å². The Morgan fingerprint density at radius 3 is 2.39 bits per heavy atom. The predicted octanol–water partition coefficient (Wildman–Crippen LogP) is 3.38. The third kappa shape index (κ3) is 7.70. The Kier molecular flexibility index (Phi) is 8.92. The number of rotatable bonds is 9. The van der Waals surface area contributed by atoms with Gasteiger partial charge in [-0.25, -0.2) is 0 Å². The number of carbonyl (C=O) groups excluding carboxylic acids is 1. The van der Waals surface area contributed by atoms with Gasteiger partial charge in [-0.1, -0.05) is 45.4 Å². The first-order valence-electron chi connectivity index (χ1n) is 7.71. The Bertz CT molecular complexity index is 213. The predicted molar refractivity (Wildman–Crippen MR) is 74.6 cm³/mol. The van der Waals surface area contributed by atoms with E-state index in [1.54, 1.807) is 0 Å². The first-order chi connectivity index (χ1) is 8.83. The topological polar surface area (TPSA) is 29.5 Å². The standard InChI is InChI=1S/C15H29NO2/c1-2-3-4-5-6-10-13-18-15(17)14-16-11-8-7-9-12-16/h2-14H2,1H3. The molecule has 0 saturated carbocycles. The molecule has 106 valence electrons. The van der Waals surface area contributed by atoms with Gasteiger partial charge in [0.2, 0.25) is 0 Å². The molecular weight excluding hydrogens is 226 g/mol. The van der Waals surface area contributed by atoms with Crippen molar-refractivity contribution >= 4 is 5.97 Å². The van der Waals surface area contributed by atoms with Crippen molar-refractivity contribution in [2.75, 3.05) is 26.2 Å². The molecule has 0 bridgehead atoms. The van der Waals surface area contributed by atoms with Crippen molar-refractivity contribution in [2.45, 2.75) is 64.7 Å². The molecular formula is C15H29NO2. The normalized spacial score (nSPS) is 16.7. The fourth-order valence-corrected chi connectivity index (χ4v) is 2.41. The molecule has 0 spiro atoms. The van der Waals surface area contributed by atoms with Gasteiger partial charge in [-0.3, -0.25) is 9.69 Å². The van der Waals surface area contributed by atoms with E-state index in [0.29, 0.717) is 13.2 Å². The van der Waals surface area contributed by atoms with E-state index in [1.165, 1.54) is 51.4 Å². The zero-order valence-electron chi connectivity index (χ0n) is 12.0. The molecule has 1 saturated heterocycles. The van der Waals surface area contributed by atoms with Crippen LogP contribution in [0.3, 0.4) is 0 Å². The number of nitrogens with zero attached hydrogens (tertiary/aromatic N) is 1. The average Bonchev–Trinajstić information content (AvgIpc) is 2.39. The van der Waals surface area contributed by atoms with Crippen LogP contribution < -0.4 is 0 Å². The minimum absolute atomic E-state index is 0.0366. The van der Waals surface area contributed by atoms with Crippen LogP contribution in [0.15, 0.2) is 0 Å². The molecule has 0 atom stereocenters. The highest BCUT2D eigenvalue weighted by Gasteiger charge is 2.14. The molecule has 1 aliphatic rings. The molecule has 1 heterocycles. The van der Waals surface area contributed by atoms with E-state index in [9.17, 15) is 4.79 Å². The number of unbranched alkanes of at least 4 members (excludes halogenated alkanes) is 5. The number of hydrogen-bond donors (Lipinski definition) is 0. The van der Waals surface area contributed by atoms with Gasteiger partial charge in [0.25, 0.3) is 0 Å². The zero-order chi connectivity index (χ0) is 13.1. The second kappa shape index (κ2) is 10.4. The minimum atomic E-state index is -0.0366.